The predicted molar refractivity (Wildman–Crippen MR) is 85.1 cm³/mol. The number of nitrogens with zero attached hydrogens (tertiary/aromatic N) is 1. The van der Waals surface area contributed by atoms with E-state index in [9.17, 15) is 9.59 Å². The molecule has 0 saturated heterocycles. The largest absolute Gasteiger partial charge is 0.480 e. The lowest BCUT2D eigenvalue weighted by molar-refractivity contribution is -0.138. The average Bonchev–Trinajstić information content (AvgIpc) is 2.92. The molecule has 0 atom stereocenters. The highest BCUT2D eigenvalue weighted by molar-refractivity contribution is 14.1. The van der Waals surface area contributed by atoms with Gasteiger partial charge in [-0.2, -0.15) is 0 Å². The number of hydrogen-bond donors (Lipinski definition) is 1. The molecule has 0 spiro atoms. The van der Waals surface area contributed by atoms with Gasteiger partial charge in [0.2, 0.25) is 0 Å². The Morgan fingerprint density at radius 1 is 1.35 bits per heavy atom. The number of halogens is 2. The lowest BCUT2D eigenvalue weighted by Gasteiger charge is -2.27. The Hall–Kier alpha value is -0.820. The van der Waals surface area contributed by atoms with Crippen molar-refractivity contribution in [1.29, 1.82) is 0 Å². The van der Waals surface area contributed by atoms with Crippen molar-refractivity contribution < 1.29 is 14.7 Å². The molecule has 1 aliphatic rings. The fraction of sp³-hybridized carbons (Fsp3) is 0.429. The first-order chi connectivity index (χ1) is 9.49. The van der Waals surface area contributed by atoms with Gasteiger partial charge in [0.1, 0.15) is 6.54 Å². The molecule has 1 aromatic rings. The maximum atomic E-state index is 12.5. The van der Waals surface area contributed by atoms with Crippen LogP contribution in [0.5, 0.6) is 0 Å². The number of hydrogen-bond acceptors (Lipinski definition) is 2. The monoisotopic (exact) mass is 407 g/mol. The molecule has 20 heavy (non-hydrogen) atoms. The van der Waals surface area contributed by atoms with Crippen LogP contribution in [0.15, 0.2) is 18.2 Å². The first-order valence-corrected chi connectivity index (χ1v) is 7.92. The zero-order chi connectivity index (χ0) is 14.7. The molecular weight excluding hydrogens is 393 g/mol. The van der Waals surface area contributed by atoms with Gasteiger partial charge >= 0.3 is 5.97 Å². The fourth-order valence-electron chi connectivity index (χ4n) is 2.52. The molecule has 0 radical (unpaired) electrons. The Bertz CT molecular complexity index is 529. The van der Waals surface area contributed by atoms with Crippen molar-refractivity contribution in [1.82, 2.24) is 4.90 Å². The van der Waals surface area contributed by atoms with Gasteiger partial charge in [-0.25, -0.2) is 0 Å². The van der Waals surface area contributed by atoms with Crippen molar-refractivity contribution in [3.8, 4) is 0 Å². The van der Waals surface area contributed by atoms with Gasteiger partial charge in [0, 0.05) is 15.2 Å². The highest BCUT2D eigenvalue weighted by Gasteiger charge is 2.29. The molecule has 0 heterocycles. The van der Waals surface area contributed by atoms with E-state index >= 15 is 0 Å². The van der Waals surface area contributed by atoms with E-state index in [0.717, 1.165) is 29.3 Å². The number of benzene rings is 1. The second-order valence-corrected chi connectivity index (χ2v) is 6.46. The van der Waals surface area contributed by atoms with Crippen molar-refractivity contribution in [3.63, 3.8) is 0 Å². The standard InChI is InChI=1S/C14H15ClINO3/c15-11-7-9(5-6-12(11)16)14(20)17(8-13(18)19)10-3-1-2-4-10/h5-7,10H,1-4,8H2,(H,18,19). The summed E-state index contributed by atoms with van der Waals surface area (Å²) >= 11 is 8.12. The van der Waals surface area contributed by atoms with Crippen LogP contribution in [0.1, 0.15) is 36.0 Å². The second-order valence-electron chi connectivity index (χ2n) is 4.89. The Labute approximate surface area is 136 Å². The molecule has 6 heteroatoms. The van der Waals surface area contributed by atoms with Crippen LogP contribution < -0.4 is 0 Å². The van der Waals surface area contributed by atoms with Gasteiger partial charge in [-0.1, -0.05) is 24.4 Å². The van der Waals surface area contributed by atoms with Crippen LogP contribution in [-0.4, -0.2) is 34.5 Å². The molecule has 1 saturated carbocycles. The van der Waals surface area contributed by atoms with E-state index in [1.165, 1.54) is 4.90 Å². The third-order valence-corrected chi connectivity index (χ3v) is 5.07. The van der Waals surface area contributed by atoms with Gasteiger partial charge in [-0.15, -0.1) is 0 Å². The molecule has 108 valence electrons. The molecule has 0 bridgehead atoms. The minimum absolute atomic E-state index is 0.0247. The minimum atomic E-state index is -0.984. The van der Waals surface area contributed by atoms with Crippen LogP contribution in [0.2, 0.25) is 5.02 Å². The molecule has 1 N–H and O–H groups in total. The molecule has 0 unspecified atom stereocenters. The van der Waals surface area contributed by atoms with E-state index in [0.29, 0.717) is 10.6 Å². The van der Waals surface area contributed by atoms with Crippen LogP contribution in [0.25, 0.3) is 0 Å². The van der Waals surface area contributed by atoms with E-state index in [1.54, 1.807) is 18.2 Å². The van der Waals surface area contributed by atoms with Crippen LogP contribution in [-0.2, 0) is 4.79 Å². The summed E-state index contributed by atoms with van der Waals surface area (Å²) in [6.07, 6.45) is 3.83. The molecule has 0 aromatic heterocycles. The maximum Gasteiger partial charge on any atom is 0.323 e. The summed E-state index contributed by atoms with van der Waals surface area (Å²) in [5.74, 6) is -1.24. The smallest absolute Gasteiger partial charge is 0.323 e. The van der Waals surface area contributed by atoms with Gasteiger partial charge in [0.05, 0.1) is 5.02 Å². The Morgan fingerprint density at radius 2 is 2.00 bits per heavy atom. The number of amides is 1. The molecule has 2 rings (SSSR count). The number of carbonyl (C=O) groups excluding carboxylic acids is 1. The zero-order valence-electron chi connectivity index (χ0n) is 10.8. The summed E-state index contributed by atoms with van der Waals surface area (Å²) in [7, 11) is 0. The fourth-order valence-corrected chi connectivity index (χ4v) is 3.04. The number of carboxylic acids is 1. The van der Waals surface area contributed by atoms with Crippen molar-refractivity contribution in [2.24, 2.45) is 0 Å². The third-order valence-electron chi connectivity index (χ3n) is 3.50. The van der Waals surface area contributed by atoms with E-state index in [-0.39, 0.29) is 18.5 Å². The SMILES string of the molecule is O=C(O)CN(C(=O)c1ccc(I)c(Cl)c1)C1CCCC1. The van der Waals surface area contributed by atoms with Gasteiger partial charge in [0.25, 0.3) is 5.91 Å². The Morgan fingerprint density at radius 3 is 2.55 bits per heavy atom. The second kappa shape index (κ2) is 6.76. The summed E-state index contributed by atoms with van der Waals surface area (Å²) in [5.41, 5.74) is 0.448. The third kappa shape index (κ3) is 3.63. The van der Waals surface area contributed by atoms with Gasteiger partial charge < -0.3 is 10.0 Å². The van der Waals surface area contributed by atoms with E-state index in [2.05, 4.69) is 22.6 Å². The highest BCUT2D eigenvalue weighted by atomic mass is 127. The van der Waals surface area contributed by atoms with E-state index < -0.39 is 5.97 Å². The molecular formula is C14H15ClINO3. The van der Waals surface area contributed by atoms with Crippen LogP contribution in [0, 0.1) is 3.57 Å². The lowest BCUT2D eigenvalue weighted by atomic mass is 10.1. The van der Waals surface area contributed by atoms with E-state index in [1.807, 2.05) is 0 Å². The van der Waals surface area contributed by atoms with Crippen molar-refractivity contribution in [2.75, 3.05) is 6.54 Å². The van der Waals surface area contributed by atoms with Gasteiger partial charge in [-0.05, 0) is 53.6 Å². The van der Waals surface area contributed by atoms with Crippen LogP contribution >= 0.6 is 34.2 Å². The molecule has 0 aliphatic heterocycles. The molecule has 1 aromatic carbocycles. The number of aliphatic carboxylic acids is 1. The maximum absolute atomic E-state index is 12.5. The average molecular weight is 408 g/mol. The highest BCUT2D eigenvalue weighted by Crippen LogP contribution is 2.26. The normalized spacial score (nSPS) is 15.3. The van der Waals surface area contributed by atoms with Gasteiger partial charge in [-0.3, -0.25) is 9.59 Å². The first-order valence-electron chi connectivity index (χ1n) is 6.47. The zero-order valence-corrected chi connectivity index (χ0v) is 13.7. The summed E-state index contributed by atoms with van der Waals surface area (Å²) in [5, 5.41) is 9.53. The lowest BCUT2D eigenvalue weighted by Crippen LogP contribution is -2.42. The quantitative estimate of drug-likeness (QED) is 0.778. The number of carbonyl (C=O) groups is 2. The van der Waals surface area contributed by atoms with E-state index in [4.69, 9.17) is 16.7 Å². The van der Waals surface area contributed by atoms with Crippen molar-refractivity contribution in [2.45, 2.75) is 31.7 Å². The molecule has 1 aliphatic carbocycles. The van der Waals surface area contributed by atoms with Crippen molar-refractivity contribution in [3.05, 3.63) is 32.4 Å². The Balaban J connectivity index is 2.24. The summed E-state index contributed by atoms with van der Waals surface area (Å²) < 4.78 is 0.867. The molecule has 4 nitrogen and oxygen atoms in total. The molecule has 1 amide bonds. The first kappa shape index (κ1) is 15.6. The number of rotatable bonds is 4. The summed E-state index contributed by atoms with van der Waals surface area (Å²) in [6, 6.07) is 5.09. The van der Waals surface area contributed by atoms with Gasteiger partial charge in [0.15, 0.2) is 0 Å². The summed E-state index contributed by atoms with van der Waals surface area (Å²) in [4.78, 5) is 25.0. The minimum Gasteiger partial charge on any atom is -0.480 e. The Kier molecular flexibility index (Phi) is 5.26. The topological polar surface area (TPSA) is 57.6 Å². The van der Waals surface area contributed by atoms with Crippen LogP contribution in [0.3, 0.4) is 0 Å². The predicted octanol–water partition coefficient (Wildman–Crippen LogP) is 3.41. The summed E-state index contributed by atoms with van der Waals surface area (Å²) in [6.45, 7) is -0.257. The van der Waals surface area contributed by atoms with Crippen LogP contribution in [0.4, 0.5) is 0 Å². The van der Waals surface area contributed by atoms with Crippen molar-refractivity contribution >= 4 is 46.1 Å². The molecule has 1 fully saturated rings. The number of carboxylic acid groups (broad SMARTS) is 1.